The molecule has 0 unspecified atom stereocenters. The molecular formula is C16H25BrO2S. The molecule has 0 N–H and O–H groups in total. The molecule has 114 valence electrons. The molecule has 1 rings (SSSR count). The molecule has 0 aliphatic rings. The molecule has 0 fully saturated rings. The number of methoxy groups -OCH3 is 1. The van der Waals surface area contributed by atoms with Gasteiger partial charge in [0, 0.05) is 15.1 Å². The Labute approximate surface area is 135 Å². The van der Waals surface area contributed by atoms with Crippen LogP contribution < -0.4 is 0 Å². The molecular weight excluding hydrogens is 336 g/mol. The lowest BCUT2D eigenvalue weighted by Crippen LogP contribution is -2.02. The lowest BCUT2D eigenvalue weighted by molar-refractivity contribution is -0.139. The molecule has 0 spiro atoms. The standard InChI is InChI=1S/C16H25BrO2S/c1-19-16(18)13-15-11-10-14(20-15)9-7-5-3-2-4-6-8-12-17/h10-11H,2-9,12-13H2,1H3. The second-order valence-electron chi connectivity index (χ2n) is 5.03. The first-order valence-electron chi connectivity index (χ1n) is 7.46. The summed E-state index contributed by atoms with van der Waals surface area (Å²) in [5, 5.41) is 1.14. The molecule has 0 bridgehead atoms. The predicted octanol–water partition coefficient (Wildman–Crippen LogP) is 5.13. The number of hydrogen-bond acceptors (Lipinski definition) is 3. The Balaban J connectivity index is 2.06. The summed E-state index contributed by atoms with van der Waals surface area (Å²) in [5.41, 5.74) is 0. The van der Waals surface area contributed by atoms with Crippen molar-refractivity contribution in [3.05, 3.63) is 21.9 Å². The summed E-state index contributed by atoms with van der Waals surface area (Å²) in [6.45, 7) is 0. The van der Waals surface area contributed by atoms with Crippen LogP contribution in [-0.4, -0.2) is 18.4 Å². The minimum atomic E-state index is -0.151. The van der Waals surface area contributed by atoms with Gasteiger partial charge in [-0.2, -0.15) is 0 Å². The van der Waals surface area contributed by atoms with Gasteiger partial charge in [-0.3, -0.25) is 4.79 Å². The third-order valence-corrected chi connectivity index (χ3v) is 5.03. The number of rotatable bonds is 11. The fraction of sp³-hybridized carbons (Fsp3) is 0.688. The van der Waals surface area contributed by atoms with Gasteiger partial charge < -0.3 is 4.74 Å². The number of carbonyl (C=O) groups excluding carboxylic acids is 1. The second-order valence-corrected chi connectivity index (χ2v) is 7.08. The van der Waals surface area contributed by atoms with E-state index in [9.17, 15) is 4.79 Å². The van der Waals surface area contributed by atoms with Gasteiger partial charge in [0.2, 0.25) is 0 Å². The van der Waals surface area contributed by atoms with Crippen LogP contribution in [0.15, 0.2) is 12.1 Å². The van der Waals surface area contributed by atoms with E-state index in [4.69, 9.17) is 0 Å². The maximum atomic E-state index is 11.2. The fourth-order valence-electron chi connectivity index (χ4n) is 2.14. The van der Waals surface area contributed by atoms with Crippen molar-refractivity contribution in [1.82, 2.24) is 0 Å². The van der Waals surface area contributed by atoms with Crippen LogP contribution in [0, 0.1) is 0 Å². The van der Waals surface area contributed by atoms with E-state index >= 15 is 0 Å². The minimum absolute atomic E-state index is 0.151. The van der Waals surface area contributed by atoms with Crippen LogP contribution >= 0.6 is 27.3 Å². The third kappa shape index (κ3) is 8.05. The Morgan fingerprint density at radius 3 is 2.30 bits per heavy atom. The summed E-state index contributed by atoms with van der Waals surface area (Å²) in [6.07, 6.45) is 10.9. The Bertz CT molecular complexity index is 376. The van der Waals surface area contributed by atoms with E-state index < -0.39 is 0 Å². The molecule has 20 heavy (non-hydrogen) atoms. The van der Waals surface area contributed by atoms with Crippen molar-refractivity contribution in [3.63, 3.8) is 0 Å². The molecule has 0 aliphatic carbocycles. The molecule has 2 nitrogen and oxygen atoms in total. The van der Waals surface area contributed by atoms with Crippen LogP contribution in [-0.2, 0) is 22.4 Å². The highest BCUT2D eigenvalue weighted by Crippen LogP contribution is 2.20. The van der Waals surface area contributed by atoms with Gasteiger partial charge in [0.05, 0.1) is 13.5 Å². The van der Waals surface area contributed by atoms with Crippen LogP contribution in [0.2, 0.25) is 0 Å². The minimum Gasteiger partial charge on any atom is -0.469 e. The van der Waals surface area contributed by atoms with Crippen LogP contribution in [0.3, 0.4) is 0 Å². The van der Waals surface area contributed by atoms with Gasteiger partial charge >= 0.3 is 5.97 Å². The first-order chi connectivity index (χ1) is 9.76. The average molecular weight is 361 g/mol. The molecule has 1 aromatic heterocycles. The van der Waals surface area contributed by atoms with Crippen LogP contribution in [0.4, 0.5) is 0 Å². The zero-order chi connectivity index (χ0) is 14.6. The summed E-state index contributed by atoms with van der Waals surface area (Å²) in [5.74, 6) is -0.151. The highest BCUT2D eigenvalue weighted by molar-refractivity contribution is 9.09. The Morgan fingerprint density at radius 2 is 1.65 bits per heavy atom. The number of thiophene rings is 1. The molecule has 0 saturated carbocycles. The van der Waals surface area contributed by atoms with Crippen molar-refractivity contribution in [2.75, 3.05) is 12.4 Å². The Kier molecular flexibility index (Phi) is 10.0. The van der Waals surface area contributed by atoms with Crippen molar-refractivity contribution in [2.45, 2.75) is 57.8 Å². The molecule has 0 aromatic carbocycles. The van der Waals surface area contributed by atoms with Gasteiger partial charge in [-0.15, -0.1) is 11.3 Å². The highest BCUT2D eigenvalue weighted by atomic mass is 79.9. The smallest absolute Gasteiger partial charge is 0.310 e. The summed E-state index contributed by atoms with van der Waals surface area (Å²) in [7, 11) is 1.44. The average Bonchev–Trinajstić information content (AvgIpc) is 2.89. The van der Waals surface area contributed by atoms with Crippen LogP contribution in [0.5, 0.6) is 0 Å². The van der Waals surface area contributed by atoms with E-state index in [1.165, 1.54) is 56.9 Å². The Hall–Kier alpha value is -0.350. The van der Waals surface area contributed by atoms with Gasteiger partial charge in [0.1, 0.15) is 0 Å². The van der Waals surface area contributed by atoms with Crippen molar-refractivity contribution >= 4 is 33.2 Å². The van der Waals surface area contributed by atoms with Crippen molar-refractivity contribution < 1.29 is 9.53 Å². The number of aryl methyl sites for hydroxylation is 1. The normalized spacial score (nSPS) is 10.7. The topological polar surface area (TPSA) is 26.3 Å². The number of unbranched alkanes of at least 4 members (excludes halogenated alkanes) is 6. The van der Waals surface area contributed by atoms with Gasteiger partial charge in [-0.05, 0) is 31.4 Å². The zero-order valence-electron chi connectivity index (χ0n) is 12.3. The monoisotopic (exact) mass is 360 g/mol. The number of ether oxygens (including phenoxy) is 1. The highest BCUT2D eigenvalue weighted by Gasteiger charge is 2.06. The van der Waals surface area contributed by atoms with Crippen molar-refractivity contribution in [2.24, 2.45) is 0 Å². The first kappa shape index (κ1) is 17.7. The van der Waals surface area contributed by atoms with E-state index in [2.05, 4.69) is 32.8 Å². The molecule has 1 heterocycles. The van der Waals surface area contributed by atoms with E-state index in [0.29, 0.717) is 6.42 Å². The first-order valence-corrected chi connectivity index (χ1v) is 9.40. The molecule has 0 radical (unpaired) electrons. The number of halogens is 1. The third-order valence-electron chi connectivity index (χ3n) is 3.32. The lowest BCUT2D eigenvalue weighted by Gasteiger charge is -2.00. The zero-order valence-corrected chi connectivity index (χ0v) is 14.7. The molecule has 0 aliphatic heterocycles. The molecule has 4 heteroatoms. The maximum Gasteiger partial charge on any atom is 0.310 e. The Morgan fingerprint density at radius 1 is 1.05 bits per heavy atom. The SMILES string of the molecule is COC(=O)Cc1ccc(CCCCCCCCCBr)s1. The summed E-state index contributed by atoms with van der Waals surface area (Å²) >= 11 is 5.21. The van der Waals surface area contributed by atoms with Gasteiger partial charge in [0.25, 0.3) is 0 Å². The predicted molar refractivity (Wildman–Crippen MR) is 89.9 cm³/mol. The summed E-state index contributed by atoms with van der Waals surface area (Å²) in [4.78, 5) is 13.7. The quantitative estimate of drug-likeness (QED) is 0.310. The summed E-state index contributed by atoms with van der Waals surface area (Å²) in [6, 6.07) is 4.20. The van der Waals surface area contributed by atoms with E-state index in [-0.39, 0.29) is 5.97 Å². The number of alkyl halides is 1. The van der Waals surface area contributed by atoms with Gasteiger partial charge in [-0.25, -0.2) is 0 Å². The lowest BCUT2D eigenvalue weighted by atomic mass is 10.1. The van der Waals surface area contributed by atoms with Crippen molar-refractivity contribution in [3.8, 4) is 0 Å². The number of hydrogen-bond donors (Lipinski definition) is 0. The molecule has 0 saturated heterocycles. The largest absolute Gasteiger partial charge is 0.469 e. The number of carbonyl (C=O) groups is 1. The second kappa shape index (κ2) is 11.3. The maximum absolute atomic E-state index is 11.2. The van der Waals surface area contributed by atoms with E-state index in [0.717, 1.165) is 16.6 Å². The van der Waals surface area contributed by atoms with Crippen LogP contribution in [0.25, 0.3) is 0 Å². The summed E-state index contributed by atoms with van der Waals surface area (Å²) < 4.78 is 4.68. The molecule has 1 aromatic rings. The van der Waals surface area contributed by atoms with Crippen molar-refractivity contribution in [1.29, 1.82) is 0 Å². The number of esters is 1. The van der Waals surface area contributed by atoms with Gasteiger partial charge in [-0.1, -0.05) is 48.0 Å². The van der Waals surface area contributed by atoms with Gasteiger partial charge in [0.15, 0.2) is 0 Å². The molecule has 0 atom stereocenters. The fourth-order valence-corrected chi connectivity index (χ4v) is 3.59. The molecule has 0 amide bonds. The van der Waals surface area contributed by atoms with E-state index in [1.54, 1.807) is 11.3 Å². The van der Waals surface area contributed by atoms with E-state index in [1.807, 2.05) is 0 Å². The van der Waals surface area contributed by atoms with Crippen LogP contribution in [0.1, 0.15) is 54.7 Å².